The number of nitrogens with one attached hydrogen (secondary N) is 2. The fourth-order valence-corrected chi connectivity index (χ4v) is 3.30. The van der Waals surface area contributed by atoms with Crippen LogP contribution in [0, 0.1) is 5.82 Å². The van der Waals surface area contributed by atoms with Gasteiger partial charge in [0, 0.05) is 24.7 Å². The first-order valence-electron chi connectivity index (χ1n) is 7.96. The molecule has 0 radical (unpaired) electrons. The fourth-order valence-electron chi connectivity index (χ4n) is 2.98. The van der Waals surface area contributed by atoms with Crippen molar-refractivity contribution in [3.63, 3.8) is 0 Å². The molecule has 2 heterocycles. The second-order valence-electron chi connectivity index (χ2n) is 6.00. The summed E-state index contributed by atoms with van der Waals surface area (Å²) in [5, 5.41) is 6.33. The molecule has 0 saturated heterocycles. The number of methoxy groups -OCH3 is 1. The van der Waals surface area contributed by atoms with Crippen molar-refractivity contribution >= 4 is 27.6 Å². The molecular formula is C17H19BrFN3O3. The molecule has 0 aliphatic carbocycles. The minimum Gasteiger partial charge on any atom is -0.485 e. The van der Waals surface area contributed by atoms with Gasteiger partial charge in [-0.3, -0.25) is 5.32 Å². The predicted molar refractivity (Wildman–Crippen MR) is 95.1 cm³/mol. The first kappa shape index (κ1) is 17.9. The van der Waals surface area contributed by atoms with Gasteiger partial charge in [0.05, 0.1) is 7.11 Å². The molecule has 1 aromatic rings. The fraction of sp³-hybridized carbons (Fsp3) is 0.412. The van der Waals surface area contributed by atoms with Crippen molar-refractivity contribution in [2.24, 2.45) is 4.99 Å². The molecular weight excluding hydrogens is 393 g/mol. The van der Waals surface area contributed by atoms with Crippen molar-refractivity contribution in [2.45, 2.75) is 31.5 Å². The summed E-state index contributed by atoms with van der Waals surface area (Å²) in [5.41, 5.74) is 0.576. The van der Waals surface area contributed by atoms with Crippen LogP contribution in [0.5, 0.6) is 5.75 Å². The number of nitrogens with zero attached hydrogens (tertiary/aromatic N) is 1. The van der Waals surface area contributed by atoms with Crippen LogP contribution in [-0.2, 0) is 16.0 Å². The summed E-state index contributed by atoms with van der Waals surface area (Å²) >= 11 is 3.24. The molecule has 8 heteroatoms. The molecule has 2 N–H and O–H groups in total. The normalized spacial score (nSPS) is 24.6. The van der Waals surface area contributed by atoms with Crippen molar-refractivity contribution < 1.29 is 18.7 Å². The van der Waals surface area contributed by atoms with Gasteiger partial charge < -0.3 is 14.8 Å². The van der Waals surface area contributed by atoms with Crippen molar-refractivity contribution in [2.75, 3.05) is 13.7 Å². The van der Waals surface area contributed by atoms with Gasteiger partial charge >= 0.3 is 5.97 Å². The van der Waals surface area contributed by atoms with E-state index in [0.29, 0.717) is 23.3 Å². The van der Waals surface area contributed by atoms with Gasteiger partial charge in [-0.25, -0.2) is 14.2 Å². The van der Waals surface area contributed by atoms with Crippen LogP contribution in [0.15, 0.2) is 34.0 Å². The van der Waals surface area contributed by atoms with Gasteiger partial charge in [-0.1, -0.05) is 6.92 Å². The summed E-state index contributed by atoms with van der Waals surface area (Å²) in [6.45, 7) is 2.48. The number of hydrogen-bond donors (Lipinski definition) is 2. The summed E-state index contributed by atoms with van der Waals surface area (Å²) < 4.78 is 24.8. The van der Waals surface area contributed by atoms with Crippen LogP contribution < -0.4 is 15.4 Å². The van der Waals surface area contributed by atoms with Crippen LogP contribution >= 0.6 is 15.9 Å². The number of aliphatic imine (C=N–C) groups is 1. The molecule has 6 nitrogen and oxygen atoms in total. The van der Waals surface area contributed by atoms with Crippen LogP contribution in [0.25, 0.3) is 0 Å². The number of rotatable bonds is 5. The SMILES string of the molecule is CCC1(CNC2NC=C(Br)N=C2C(=O)OC)Cc2cc(F)ccc2O1. The molecule has 1 aromatic carbocycles. The lowest BCUT2D eigenvalue weighted by molar-refractivity contribution is -0.133. The summed E-state index contributed by atoms with van der Waals surface area (Å²) in [7, 11) is 1.31. The first-order chi connectivity index (χ1) is 12.0. The van der Waals surface area contributed by atoms with Crippen molar-refractivity contribution in [1.29, 1.82) is 0 Å². The highest BCUT2D eigenvalue weighted by Gasteiger charge is 2.39. The monoisotopic (exact) mass is 411 g/mol. The molecule has 2 aliphatic rings. The maximum absolute atomic E-state index is 13.5. The first-order valence-corrected chi connectivity index (χ1v) is 8.75. The van der Waals surface area contributed by atoms with Gasteiger partial charge in [0.2, 0.25) is 0 Å². The number of carbonyl (C=O) groups excluding carboxylic acids is 1. The van der Waals surface area contributed by atoms with E-state index in [1.165, 1.54) is 19.2 Å². The Bertz CT molecular complexity index is 753. The highest BCUT2D eigenvalue weighted by molar-refractivity contribution is 9.11. The smallest absolute Gasteiger partial charge is 0.356 e. The van der Waals surface area contributed by atoms with Crippen LogP contribution in [0.2, 0.25) is 0 Å². The van der Waals surface area contributed by atoms with E-state index in [1.54, 1.807) is 12.3 Å². The average molecular weight is 412 g/mol. The van der Waals surface area contributed by atoms with Crippen LogP contribution in [-0.4, -0.2) is 37.1 Å². The van der Waals surface area contributed by atoms with Crippen LogP contribution in [0.3, 0.4) is 0 Å². The average Bonchev–Trinajstić information content (AvgIpc) is 2.98. The number of carbonyl (C=O) groups is 1. The minimum absolute atomic E-state index is 0.227. The zero-order valence-electron chi connectivity index (χ0n) is 13.9. The molecule has 0 bridgehead atoms. The largest absolute Gasteiger partial charge is 0.485 e. The summed E-state index contributed by atoms with van der Waals surface area (Å²) in [6.07, 6.45) is 2.48. The summed E-state index contributed by atoms with van der Waals surface area (Å²) in [5.74, 6) is -0.0873. The van der Waals surface area contributed by atoms with E-state index in [4.69, 9.17) is 9.47 Å². The Balaban J connectivity index is 1.72. The van der Waals surface area contributed by atoms with Crippen molar-refractivity contribution in [3.8, 4) is 5.75 Å². The quantitative estimate of drug-likeness (QED) is 0.574. The standard InChI is InChI=1S/C17H19BrFN3O3/c1-3-17(7-10-6-11(19)4-5-12(10)25-17)9-21-15-14(16(23)24-2)22-13(18)8-20-15/h4-6,8,15,20-21H,3,7,9H2,1-2H3. The third kappa shape index (κ3) is 3.69. The van der Waals surface area contributed by atoms with Crippen LogP contribution in [0.4, 0.5) is 4.39 Å². The number of ether oxygens (including phenoxy) is 2. The number of halogens is 2. The molecule has 0 saturated carbocycles. The molecule has 0 fully saturated rings. The van der Waals surface area contributed by atoms with Gasteiger partial charge in [-0.15, -0.1) is 0 Å². The molecule has 0 amide bonds. The molecule has 0 spiro atoms. The lowest BCUT2D eigenvalue weighted by atomic mass is 9.94. The highest BCUT2D eigenvalue weighted by Crippen LogP contribution is 2.37. The summed E-state index contributed by atoms with van der Waals surface area (Å²) in [6, 6.07) is 4.56. The number of fused-ring (bicyclic) bond motifs is 1. The number of benzene rings is 1. The number of hydrogen-bond acceptors (Lipinski definition) is 6. The zero-order chi connectivity index (χ0) is 18.0. The molecule has 3 rings (SSSR count). The van der Waals surface area contributed by atoms with Crippen molar-refractivity contribution in [3.05, 3.63) is 40.4 Å². The maximum Gasteiger partial charge on any atom is 0.356 e. The lowest BCUT2D eigenvalue weighted by Crippen LogP contribution is -2.56. The third-order valence-corrected chi connectivity index (χ3v) is 4.80. The minimum atomic E-state index is -0.515. The van der Waals surface area contributed by atoms with E-state index in [0.717, 1.165) is 12.0 Å². The zero-order valence-corrected chi connectivity index (χ0v) is 15.5. The molecule has 134 valence electrons. The van der Waals surface area contributed by atoms with Gasteiger partial charge in [-0.2, -0.15) is 0 Å². The Kier molecular flexibility index (Phi) is 5.10. The topological polar surface area (TPSA) is 72.0 Å². The Morgan fingerprint density at radius 3 is 3.12 bits per heavy atom. The summed E-state index contributed by atoms with van der Waals surface area (Å²) in [4.78, 5) is 16.1. The Labute approximate surface area is 153 Å². The van der Waals surface area contributed by atoms with Gasteiger partial charge in [0.15, 0.2) is 5.71 Å². The molecule has 2 aliphatic heterocycles. The van der Waals surface area contributed by atoms with E-state index in [9.17, 15) is 9.18 Å². The highest BCUT2D eigenvalue weighted by atomic mass is 79.9. The lowest BCUT2D eigenvalue weighted by Gasteiger charge is -2.31. The van der Waals surface area contributed by atoms with Crippen molar-refractivity contribution in [1.82, 2.24) is 10.6 Å². The van der Waals surface area contributed by atoms with Gasteiger partial charge in [-0.05, 0) is 40.5 Å². The molecule has 0 aromatic heterocycles. The van der Waals surface area contributed by atoms with E-state index in [2.05, 4.69) is 31.6 Å². The Morgan fingerprint density at radius 2 is 2.40 bits per heavy atom. The second-order valence-corrected chi connectivity index (χ2v) is 6.82. The maximum atomic E-state index is 13.5. The second kappa shape index (κ2) is 7.13. The van der Waals surface area contributed by atoms with Gasteiger partial charge in [0.1, 0.15) is 27.9 Å². The molecule has 25 heavy (non-hydrogen) atoms. The number of esters is 1. The predicted octanol–water partition coefficient (Wildman–Crippen LogP) is 2.24. The van der Waals surface area contributed by atoms with E-state index >= 15 is 0 Å². The molecule has 2 unspecified atom stereocenters. The van der Waals surface area contributed by atoms with Gasteiger partial charge in [0.25, 0.3) is 0 Å². The van der Waals surface area contributed by atoms with Crippen LogP contribution in [0.1, 0.15) is 18.9 Å². The van der Waals surface area contributed by atoms with E-state index in [-0.39, 0.29) is 11.5 Å². The van der Waals surface area contributed by atoms with E-state index in [1.807, 2.05) is 6.92 Å². The Hall–Kier alpha value is -1.93. The third-order valence-electron chi connectivity index (χ3n) is 4.40. The van der Waals surface area contributed by atoms with E-state index < -0.39 is 17.7 Å². The molecule has 2 atom stereocenters. The Morgan fingerprint density at radius 1 is 1.60 bits per heavy atom.